The number of imide groups is 1. The third-order valence-electron chi connectivity index (χ3n) is 2.81. The second kappa shape index (κ2) is 5.88. The average molecular weight is 278 g/mol. The number of amides is 3. The minimum atomic E-state index is -0.357. The van der Waals surface area contributed by atoms with Gasteiger partial charge in [-0.1, -0.05) is 36.9 Å². The van der Waals surface area contributed by atoms with Gasteiger partial charge in [-0.15, -0.1) is 0 Å². The number of hydrogen-bond acceptors (Lipinski definition) is 4. The Morgan fingerprint density at radius 3 is 2.74 bits per heavy atom. The number of hydrogen-bond donors (Lipinski definition) is 1. The molecule has 0 saturated carbocycles. The molecular formula is C13H14N2O3S. The van der Waals surface area contributed by atoms with Crippen LogP contribution in [0.4, 0.5) is 10.5 Å². The number of benzene rings is 1. The molecule has 1 fully saturated rings. The highest BCUT2D eigenvalue weighted by molar-refractivity contribution is 8.14. The first-order valence-corrected chi connectivity index (χ1v) is 6.95. The standard InChI is InChI=1S/C13H14N2O3S/c1-2-9-5-3-4-6-10(9)14-11(16)7-15-12(17)8-19-13(15)18/h3-6H,2,7-8H2,1H3,(H,14,16). The third kappa shape index (κ3) is 3.14. The molecule has 1 heterocycles. The second-order valence-corrected chi connectivity index (χ2v) is 5.02. The van der Waals surface area contributed by atoms with E-state index < -0.39 is 0 Å². The van der Waals surface area contributed by atoms with E-state index in [9.17, 15) is 14.4 Å². The Balaban J connectivity index is 2.01. The van der Waals surface area contributed by atoms with Gasteiger partial charge in [0.25, 0.3) is 5.24 Å². The molecule has 0 unspecified atom stereocenters. The van der Waals surface area contributed by atoms with Crippen LogP contribution in [-0.2, 0) is 16.0 Å². The van der Waals surface area contributed by atoms with Crippen molar-refractivity contribution in [3.05, 3.63) is 29.8 Å². The topological polar surface area (TPSA) is 66.5 Å². The molecule has 0 atom stereocenters. The van der Waals surface area contributed by atoms with Gasteiger partial charge in [0, 0.05) is 5.69 Å². The van der Waals surface area contributed by atoms with E-state index in [0.29, 0.717) is 0 Å². The molecule has 1 saturated heterocycles. The van der Waals surface area contributed by atoms with Crippen LogP contribution in [0.3, 0.4) is 0 Å². The number of nitrogens with zero attached hydrogens (tertiary/aromatic N) is 1. The molecule has 1 N–H and O–H groups in total. The molecule has 1 aliphatic rings. The highest BCUT2D eigenvalue weighted by Crippen LogP contribution is 2.19. The lowest BCUT2D eigenvalue weighted by Gasteiger charge is -2.14. The Morgan fingerprint density at radius 2 is 2.11 bits per heavy atom. The number of aryl methyl sites for hydroxylation is 1. The maximum absolute atomic E-state index is 11.9. The Morgan fingerprint density at radius 1 is 1.37 bits per heavy atom. The normalized spacial score (nSPS) is 14.9. The molecule has 1 aliphatic heterocycles. The molecule has 1 aromatic carbocycles. The van der Waals surface area contributed by atoms with Gasteiger partial charge in [-0.05, 0) is 18.1 Å². The lowest BCUT2D eigenvalue weighted by Crippen LogP contribution is -2.36. The summed E-state index contributed by atoms with van der Waals surface area (Å²) in [4.78, 5) is 35.6. The van der Waals surface area contributed by atoms with Crippen molar-refractivity contribution in [1.82, 2.24) is 4.90 Å². The van der Waals surface area contributed by atoms with Crippen molar-refractivity contribution < 1.29 is 14.4 Å². The van der Waals surface area contributed by atoms with Gasteiger partial charge >= 0.3 is 0 Å². The van der Waals surface area contributed by atoms with Crippen molar-refractivity contribution in [2.45, 2.75) is 13.3 Å². The quantitative estimate of drug-likeness (QED) is 0.913. The lowest BCUT2D eigenvalue weighted by atomic mass is 10.1. The maximum atomic E-state index is 11.9. The Kier molecular flexibility index (Phi) is 4.21. The van der Waals surface area contributed by atoms with Crippen LogP contribution in [0.2, 0.25) is 0 Å². The number of thioether (sulfide) groups is 1. The van der Waals surface area contributed by atoms with Crippen molar-refractivity contribution in [3.8, 4) is 0 Å². The average Bonchev–Trinajstić information content (AvgIpc) is 2.71. The monoisotopic (exact) mass is 278 g/mol. The van der Waals surface area contributed by atoms with Crippen molar-refractivity contribution in [2.24, 2.45) is 0 Å². The van der Waals surface area contributed by atoms with Crippen molar-refractivity contribution in [3.63, 3.8) is 0 Å². The number of carbonyl (C=O) groups is 3. The van der Waals surface area contributed by atoms with Crippen LogP contribution < -0.4 is 5.32 Å². The van der Waals surface area contributed by atoms with E-state index >= 15 is 0 Å². The lowest BCUT2D eigenvalue weighted by molar-refractivity contribution is -0.128. The van der Waals surface area contributed by atoms with Gasteiger partial charge in [0.05, 0.1) is 5.75 Å². The predicted molar refractivity (Wildman–Crippen MR) is 74.0 cm³/mol. The first-order chi connectivity index (χ1) is 9.11. The van der Waals surface area contributed by atoms with Crippen LogP contribution in [0.15, 0.2) is 24.3 Å². The first kappa shape index (κ1) is 13.6. The van der Waals surface area contributed by atoms with E-state index in [2.05, 4.69) is 5.32 Å². The van der Waals surface area contributed by atoms with E-state index in [-0.39, 0.29) is 29.4 Å². The largest absolute Gasteiger partial charge is 0.324 e. The van der Waals surface area contributed by atoms with Crippen LogP contribution in [-0.4, -0.2) is 34.3 Å². The molecule has 0 radical (unpaired) electrons. The fourth-order valence-electron chi connectivity index (χ4n) is 1.82. The predicted octanol–water partition coefficient (Wildman–Crippen LogP) is 1.88. The van der Waals surface area contributed by atoms with Crippen molar-refractivity contribution in [2.75, 3.05) is 17.6 Å². The SMILES string of the molecule is CCc1ccccc1NC(=O)CN1C(=O)CSC1=O. The summed E-state index contributed by atoms with van der Waals surface area (Å²) in [5.74, 6) is -0.545. The van der Waals surface area contributed by atoms with Crippen LogP contribution >= 0.6 is 11.8 Å². The Hall–Kier alpha value is -1.82. The van der Waals surface area contributed by atoms with E-state index in [1.54, 1.807) is 6.07 Å². The molecule has 6 heteroatoms. The van der Waals surface area contributed by atoms with E-state index in [1.165, 1.54) is 0 Å². The number of nitrogens with one attached hydrogen (secondary N) is 1. The summed E-state index contributed by atoms with van der Waals surface area (Å²) in [5, 5.41) is 2.38. The third-order valence-corrected chi connectivity index (χ3v) is 3.67. The molecule has 0 spiro atoms. The van der Waals surface area contributed by atoms with E-state index in [0.717, 1.165) is 34.3 Å². The molecule has 100 valence electrons. The molecule has 3 amide bonds. The number of anilines is 1. The minimum Gasteiger partial charge on any atom is -0.324 e. The number of rotatable bonds is 4. The highest BCUT2D eigenvalue weighted by atomic mass is 32.2. The van der Waals surface area contributed by atoms with Crippen LogP contribution in [0.25, 0.3) is 0 Å². The minimum absolute atomic E-state index is 0.123. The van der Waals surface area contributed by atoms with Crippen LogP contribution in [0.5, 0.6) is 0 Å². The molecule has 5 nitrogen and oxygen atoms in total. The van der Waals surface area contributed by atoms with Gasteiger partial charge < -0.3 is 5.32 Å². The molecular weight excluding hydrogens is 264 g/mol. The molecule has 0 aromatic heterocycles. The zero-order valence-electron chi connectivity index (χ0n) is 10.5. The van der Waals surface area contributed by atoms with Crippen molar-refractivity contribution >= 4 is 34.5 Å². The molecule has 0 bridgehead atoms. The Bertz CT molecular complexity index is 514. The summed E-state index contributed by atoms with van der Waals surface area (Å²) in [5.41, 5.74) is 1.74. The summed E-state index contributed by atoms with van der Waals surface area (Å²) in [6, 6.07) is 7.46. The van der Waals surface area contributed by atoms with Gasteiger partial charge in [0.15, 0.2) is 0 Å². The van der Waals surface area contributed by atoms with Crippen LogP contribution in [0, 0.1) is 0 Å². The van der Waals surface area contributed by atoms with Crippen molar-refractivity contribution in [1.29, 1.82) is 0 Å². The molecule has 19 heavy (non-hydrogen) atoms. The summed E-state index contributed by atoms with van der Waals surface area (Å²) in [7, 11) is 0. The fourth-order valence-corrected chi connectivity index (χ4v) is 2.54. The first-order valence-electron chi connectivity index (χ1n) is 5.96. The smallest absolute Gasteiger partial charge is 0.289 e. The second-order valence-electron chi connectivity index (χ2n) is 4.09. The highest BCUT2D eigenvalue weighted by Gasteiger charge is 2.31. The summed E-state index contributed by atoms with van der Waals surface area (Å²) in [6.45, 7) is 1.78. The van der Waals surface area contributed by atoms with E-state index in [1.807, 2.05) is 25.1 Å². The Labute approximate surface area is 115 Å². The summed E-state index contributed by atoms with van der Waals surface area (Å²) >= 11 is 0.927. The number of carbonyl (C=O) groups excluding carboxylic acids is 3. The van der Waals surface area contributed by atoms with Gasteiger partial charge in [-0.3, -0.25) is 19.3 Å². The zero-order valence-corrected chi connectivity index (χ0v) is 11.3. The number of para-hydroxylation sites is 1. The fraction of sp³-hybridized carbons (Fsp3) is 0.308. The van der Waals surface area contributed by atoms with Gasteiger partial charge in [0.2, 0.25) is 11.8 Å². The maximum Gasteiger partial charge on any atom is 0.289 e. The van der Waals surface area contributed by atoms with Gasteiger partial charge in [-0.25, -0.2) is 0 Å². The molecule has 1 aromatic rings. The summed E-state index contributed by atoms with van der Waals surface area (Å²) < 4.78 is 0. The molecule has 2 rings (SSSR count). The van der Waals surface area contributed by atoms with E-state index in [4.69, 9.17) is 0 Å². The van der Waals surface area contributed by atoms with Gasteiger partial charge in [-0.2, -0.15) is 0 Å². The van der Waals surface area contributed by atoms with Crippen LogP contribution in [0.1, 0.15) is 12.5 Å². The molecule has 0 aliphatic carbocycles. The summed E-state index contributed by atoms with van der Waals surface area (Å²) in [6.07, 6.45) is 0.799. The zero-order chi connectivity index (χ0) is 13.8. The van der Waals surface area contributed by atoms with Gasteiger partial charge in [0.1, 0.15) is 6.54 Å².